The quantitative estimate of drug-likeness (QED) is 0.402. The monoisotopic (exact) mass is 622 g/mol. The van der Waals surface area contributed by atoms with Crippen LogP contribution in [0.5, 0.6) is 0 Å². The maximum Gasteiger partial charge on any atom is 0.207 e. The van der Waals surface area contributed by atoms with Crippen molar-refractivity contribution in [3.8, 4) is 0 Å². The molecule has 2 saturated heterocycles. The van der Waals surface area contributed by atoms with Gasteiger partial charge in [0.05, 0.1) is 0 Å². The molecule has 13 heteroatoms. The summed E-state index contributed by atoms with van der Waals surface area (Å²) in [5, 5.41) is 40.0. The van der Waals surface area contributed by atoms with Crippen molar-refractivity contribution in [3.63, 3.8) is 0 Å². The molecule has 2 fully saturated rings. The predicted molar refractivity (Wildman–Crippen MR) is 165 cm³/mol. The number of aliphatic hydroxyl groups excluding tert-OH is 2. The Morgan fingerprint density at radius 1 is 0.786 bits per heavy atom. The van der Waals surface area contributed by atoms with Crippen molar-refractivity contribution < 1.29 is 15.0 Å². The maximum atomic E-state index is 14.5. The summed E-state index contributed by atoms with van der Waals surface area (Å²) in [6.45, 7) is 13.0. The van der Waals surface area contributed by atoms with Crippen LogP contribution >= 0.6 is 23.2 Å². The van der Waals surface area contributed by atoms with Gasteiger partial charge >= 0.3 is 0 Å². The van der Waals surface area contributed by atoms with Gasteiger partial charge in [0.2, 0.25) is 5.78 Å². The van der Waals surface area contributed by atoms with Crippen LogP contribution in [0.15, 0.2) is 12.1 Å². The molecule has 232 valence electrons. The molecule has 2 N–H and O–H groups in total. The summed E-state index contributed by atoms with van der Waals surface area (Å²) in [6.07, 6.45) is -0.152. The van der Waals surface area contributed by atoms with Crippen LogP contribution in [0.25, 0.3) is 0 Å². The van der Waals surface area contributed by atoms with E-state index in [1.807, 2.05) is 12.1 Å². The van der Waals surface area contributed by atoms with E-state index in [1.54, 1.807) is 33.7 Å². The first-order valence-electron chi connectivity index (χ1n) is 14.6. The number of rotatable bonds is 10. The number of ketones is 1. The number of nitrogens with zero attached hydrogens (tertiary/aromatic N) is 8. The van der Waals surface area contributed by atoms with Crippen molar-refractivity contribution in [1.82, 2.24) is 30.2 Å². The molecule has 0 spiro atoms. The number of aliphatic hydroxyl groups is 2. The highest BCUT2D eigenvalue weighted by Gasteiger charge is 2.51. The minimum Gasteiger partial charge on any atom is -0.372 e. The first-order valence-corrected chi connectivity index (χ1v) is 15.3. The number of carbonyl (C=O) groups excluding carboxylic acids is 1. The zero-order chi connectivity index (χ0) is 31.1. The molecule has 0 aromatic carbocycles. The van der Waals surface area contributed by atoms with E-state index >= 15 is 0 Å². The molecule has 2 aromatic heterocycles. The third kappa shape index (κ3) is 6.09. The number of β-amino-alcohol motifs (C(OH)–C–C–N with tert-alkyl or cyclic N) is 2. The molecule has 4 rings (SSSR count). The maximum absolute atomic E-state index is 14.5. The fourth-order valence-electron chi connectivity index (χ4n) is 6.49. The molecule has 11 nitrogen and oxygen atoms in total. The summed E-state index contributed by atoms with van der Waals surface area (Å²) in [7, 11) is 3.56. The summed E-state index contributed by atoms with van der Waals surface area (Å²) in [4.78, 5) is 21.2. The molecular formula is C29H44Cl2N8O3. The Labute approximate surface area is 258 Å². The number of anilines is 2. The van der Waals surface area contributed by atoms with Gasteiger partial charge < -0.3 is 20.0 Å². The Balaban J connectivity index is 1.74. The average Bonchev–Trinajstić information content (AvgIpc) is 3.37. The molecule has 0 radical (unpaired) electrons. The van der Waals surface area contributed by atoms with Crippen molar-refractivity contribution >= 4 is 40.6 Å². The smallest absolute Gasteiger partial charge is 0.207 e. The SMILES string of the molecule is CCCC(C)(C)c1cc(N2C(O)CN(C)C2C(=O)C2N(C)CC(O)N2c2cc(C(C)(C)CCC)c(Cl)nn2)nnc1Cl. The van der Waals surface area contributed by atoms with Crippen LogP contribution in [-0.4, -0.2) is 98.2 Å². The zero-order valence-electron chi connectivity index (χ0n) is 25.8. The topological polar surface area (TPSA) is 122 Å². The summed E-state index contributed by atoms with van der Waals surface area (Å²) in [6, 6.07) is 3.65. The van der Waals surface area contributed by atoms with Gasteiger partial charge in [0.1, 0.15) is 24.8 Å². The molecule has 0 saturated carbocycles. The van der Waals surface area contributed by atoms with Crippen molar-refractivity contribution in [3.05, 3.63) is 33.6 Å². The van der Waals surface area contributed by atoms with Crippen LogP contribution in [0.4, 0.5) is 11.6 Å². The highest BCUT2D eigenvalue weighted by Crippen LogP contribution is 2.38. The minimum atomic E-state index is -1.01. The fourth-order valence-corrected chi connectivity index (χ4v) is 7.19. The van der Waals surface area contributed by atoms with Crippen LogP contribution in [0.2, 0.25) is 10.3 Å². The van der Waals surface area contributed by atoms with Crippen LogP contribution < -0.4 is 9.80 Å². The average molecular weight is 624 g/mol. The number of halogens is 2. The Morgan fingerprint density at radius 2 is 1.14 bits per heavy atom. The van der Waals surface area contributed by atoms with Crippen LogP contribution in [0.1, 0.15) is 78.4 Å². The Kier molecular flexibility index (Phi) is 9.71. The van der Waals surface area contributed by atoms with Gasteiger partial charge in [-0.15, -0.1) is 20.4 Å². The van der Waals surface area contributed by atoms with E-state index in [9.17, 15) is 15.0 Å². The number of hydrogen-bond donors (Lipinski definition) is 2. The molecule has 2 aliphatic rings. The van der Waals surface area contributed by atoms with E-state index in [2.05, 4.69) is 61.9 Å². The fraction of sp³-hybridized carbons (Fsp3) is 0.690. The standard InChI is InChI=1S/C29H44Cl2N8O3/c1-9-11-28(3,4)17-13-19(32-34-24(17)30)38-21(40)15-36(7)26(38)23(42)27-37(8)16-22(41)39(27)20-14-18(25(31)35-33-20)29(5,6)12-10-2/h13-14,21-22,26-27,40-41H,9-12,15-16H2,1-8H3. The summed E-state index contributed by atoms with van der Waals surface area (Å²) in [5.41, 5.74) is 1.04. The molecule has 4 heterocycles. The molecule has 42 heavy (non-hydrogen) atoms. The van der Waals surface area contributed by atoms with Gasteiger partial charge in [0, 0.05) is 24.2 Å². The van der Waals surface area contributed by atoms with Crippen LogP contribution in [0.3, 0.4) is 0 Å². The molecule has 4 atom stereocenters. The first kappa shape index (κ1) is 32.8. The molecule has 2 aromatic rings. The number of hydrogen-bond acceptors (Lipinski definition) is 11. The van der Waals surface area contributed by atoms with Crippen molar-refractivity contribution in [1.29, 1.82) is 0 Å². The van der Waals surface area contributed by atoms with Gasteiger partial charge in [0.15, 0.2) is 21.9 Å². The lowest BCUT2D eigenvalue weighted by Gasteiger charge is -2.36. The van der Waals surface area contributed by atoms with E-state index in [4.69, 9.17) is 23.2 Å². The van der Waals surface area contributed by atoms with Gasteiger partial charge in [-0.2, -0.15) is 0 Å². The van der Waals surface area contributed by atoms with Crippen molar-refractivity contribution in [2.24, 2.45) is 0 Å². The normalized spacial score (nSPS) is 24.2. The van der Waals surface area contributed by atoms with E-state index < -0.39 is 24.8 Å². The third-order valence-electron chi connectivity index (χ3n) is 8.62. The Bertz CT molecular complexity index is 1200. The summed E-state index contributed by atoms with van der Waals surface area (Å²) < 4.78 is 0. The second-order valence-electron chi connectivity index (χ2n) is 12.9. The Morgan fingerprint density at radius 3 is 1.48 bits per heavy atom. The molecule has 4 unspecified atom stereocenters. The largest absolute Gasteiger partial charge is 0.372 e. The highest BCUT2D eigenvalue weighted by molar-refractivity contribution is 6.30. The Hall–Kier alpha value is -2.15. The predicted octanol–water partition coefficient (Wildman–Crippen LogP) is 3.79. The number of carbonyl (C=O) groups is 1. The summed E-state index contributed by atoms with van der Waals surface area (Å²) >= 11 is 13.0. The van der Waals surface area contributed by atoms with E-state index in [0.29, 0.717) is 21.9 Å². The second-order valence-corrected chi connectivity index (χ2v) is 13.6. The number of aromatic nitrogens is 4. The van der Waals surface area contributed by atoms with Gasteiger partial charge in [-0.3, -0.25) is 14.6 Å². The molecule has 0 amide bonds. The van der Waals surface area contributed by atoms with E-state index in [1.165, 1.54) is 0 Å². The third-order valence-corrected chi connectivity index (χ3v) is 9.18. The van der Waals surface area contributed by atoms with E-state index in [-0.39, 0.29) is 29.7 Å². The molecule has 0 bridgehead atoms. The van der Waals surface area contributed by atoms with Crippen molar-refractivity contribution in [2.45, 2.75) is 103 Å². The van der Waals surface area contributed by atoms with Gasteiger partial charge in [-0.1, -0.05) is 77.6 Å². The number of likely N-dealkylation sites (N-methyl/N-ethyl adjacent to an activating group) is 2. The second kappa shape index (κ2) is 12.5. The molecule has 0 aliphatic carbocycles. The van der Waals surface area contributed by atoms with E-state index in [0.717, 1.165) is 36.8 Å². The lowest BCUT2D eigenvalue weighted by Crippen LogP contribution is -2.57. The van der Waals surface area contributed by atoms with Crippen LogP contribution in [-0.2, 0) is 15.6 Å². The van der Waals surface area contributed by atoms with Gasteiger partial charge in [-0.25, -0.2) is 0 Å². The van der Waals surface area contributed by atoms with Gasteiger partial charge in [-0.05, 0) is 49.9 Å². The summed E-state index contributed by atoms with van der Waals surface area (Å²) in [5.74, 6) is 0.457. The van der Waals surface area contributed by atoms with Crippen molar-refractivity contribution in [2.75, 3.05) is 37.0 Å². The lowest BCUT2D eigenvalue weighted by molar-refractivity contribution is -0.126. The first-order chi connectivity index (χ1) is 19.6. The zero-order valence-corrected chi connectivity index (χ0v) is 27.4. The number of Topliss-reactive ketones (excluding diaryl/α,β-unsaturated/α-hetero) is 1. The lowest BCUT2D eigenvalue weighted by atomic mass is 9.81. The van der Waals surface area contributed by atoms with Gasteiger partial charge in [0.25, 0.3) is 0 Å². The molecule has 2 aliphatic heterocycles. The highest BCUT2D eigenvalue weighted by atomic mass is 35.5. The van der Waals surface area contributed by atoms with Crippen LogP contribution in [0, 0.1) is 0 Å². The minimum absolute atomic E-state index is 0.212. The molecular weight excluding hydrogens is 579 g/mol.